The van der Waals surface area contributed by atoms with E-state index in [1.807, 2.05) is 0 Å². The minimum atomic E-state index is -0.414. The number of hydrogen-bond donors (Lipinski definition) is 2. The Morgan fingerprint density at radius 3 is 2.75 bits per heavy atom. The molecule has 0 spiro atoms. The van der Waals surface area contributed by atoms with Crippen LogP contribution in [-0.2, 0) is 9.53 Å². The van der Waals surface area contributed by atoms with E-state index in [-0.39, 0.29) is 5.97 Å². The zero-order valence-corrected chi connectivity index (χ0v) is 7.93. The van der Waals surface area contributed by atoms with Crippen LogP contribution < -0.4 is 10.6 Å². The average molecular weight is 195 g/mol. The molecule has 0 heterocycles. The molecule has 0 saturated carbocycles. The molecule has 3 N–H and O–H groups in total. The first-order chi connectivity index (χ1) is 5.76. The molecule has 0 aromatic heterocycles. The highest BCUT2D eigenvalue weighted by molar-refractivity contribution is 6.14. The molecule has 12 heavy (non-hydrogen) atoms. The van der Waals surface area contributed by atoms with Gasteiger partial charge < -0.3 is 10.5 Å². The summed E-state index contributed by atoms with van der Waals surface area (Å²) in [4.78, 5) is 13.3. The number of esters is 1. The second-order valence-electron chi connectivity index (χ2n) is 2.47. The van der Waals surface area contributed by atoms with E-state index in [0.29, 0.717) is 13.0 Å². The van der Waals surface area contributed by atoms with Crippen LogP contribution in [0.1, 0.15) is 19.3 Å². The van der Waals surface area contributed by atoms with Crippen molar-refractivity contribution in [1.82, 2.24) is 4.84 Å². The quantitative estimate of drug-likeness (QED) is 0.365. The summed E-state index contributed by atoms with van der Waals surface area (Å²) >= 11 is 5.34. The molecule has 0 unspecified atom stereocenters. The molecule has 1 atom stereocenters. The van der Waals surface area contributed by atoms with E-state index in [1.165, 1.54) is 7.11 Å². The van der Waals surface area contributed by atoms with Crippen LogP contribution in [-0.4, -0.2) is 25.7 Å². The molecule has 0 aromatic rings. The topological polar surface area (TPSA) is 64.3 Å². The predicted octanol–water partition coefficient (Wildman–Crippen LogP) is 0.400. The van der Waals surface area contributed by atoms with Gasteiger partial charge in [-0.2, -0.15) is 0 Å². The van der Waals surface area contributed by atoms with E-state index in [9.17, 15) is 4.79 Å². The Morgan fingerprint density at radius 2 is 2.33 bits per heavy atom. The second-order valence-corrected chi connectivity index (χ2v) is 2.69. The monoisotopic (exact) mass is 194 g/mol. The van der Waals surface area contributed by atoms with Crippen LogP contribution in [0.3, 0.4) is 0 Å². The maximum atomic E-state index is 10.9. The molecular formula is C7H15ClN2O2. The van der Waals surface area contributed by atoms with Crippen LogP contribution in [0.5, 0.6) is 0 Å². The van der Waals surface area contributed by atoms with Gasteiger partial charge in [0, 0.05) is 0 Å². The fourth-order valence-corrected chi connectivity index (χ4v) is 1.05. The van der Waals surface area contributed by atoms with E-state index in [4.69, 9.17) is 17.5 Å². The number of rotatable bonds is 6. The Bertz CT molecular complexity index is 133. The lowest BCUT2D eigenvalue weighted by molar-refractivity contribution is -0.142. The molecule has 0 radical (unpaired) electrons. The Hall–Kier alpha value is -0.320. The predicted molar refractivity (Wildman–Crippen MR) is 47.7 cm³/mol. The lowest BCUT2D eigenvalue weighted by Crippen LogP contribution is -2.31. The number of halogens is 1. The number of nitrogens with two attached hydrogens (primary N) is 1. The minimum Gasteiger partial charge on any atom is -0.468 e. The van der Waals surface area contributed by atoms with E-state index in [2.05, 4.69) is 9.57 Å². The van der Waals surface area contributed by atoms with Crippen molar-refractivity contribution in [1.29, 1.82) is 0 Å². The van der Waals surface area contributed by atoms with Crippen LogP contribution in [0.25, 0.3) is 0 Å². The molecule has 0 saturated heterocycles. The van der Waals surface area contributed by atoms with Crippen molar-refractivity contribution in [2.24, 2.45) is 5.73 Å². The average Bonchev–Trinajstić information content (AvgIpc) is 2.11. The number of carbonyl (C=O) groups is 1. The highest BCUT2D eigenvalue weighted by Crippen LogP contribution is 2.02. The minimum absolute atomic E-state index is 0.331. The van der Waals surface area contributed by atoms with Crippen molar-refractivity contribution in [2.45, 2.75) is 25.3 Å². The Balaban J connectivity index is 3.60. The Kier molecular flexibility index (Phi) is 7.14. The molecule has 0 aliphatic carbocycles. The molecule has 4 nitrogen and oxygen atoms in total. The standard InChI is InChI=1S/C7H15ClN2O2/c1-12-7(11)6(10-8)4-2-3-5-9/h6,10H,2-5,9H2,1H3/t6-/m0/s1. The van der Waals surface area contributed by atoms with Gasteiger partial charge >= 0.3 is 5.97 Å². The van der Waals surface area contributed by atoms with Gasteiger partial charge in [0.25, 0.3) is 0 Å². The first-order valence-electron chi connectivity index (χ1n) is 3.90. The number of unbranched alkanes of at least 4 members (excludes halogenated alkanes) is 1. The van der Waals surface area contributed by atoms with Gasteiger partial charge in [-0.3, -0.25) is 4.79 Å². The zero-order chi connectivity index (χ0) is 9.40. The van der Waals surface area contributed by atoms with Crippen LogP contribution >= 0.6 is 11.8 Å². The largest absolute Gasteiger partial charge is 0.468 e. The first kappa shape index (κ1) is 11.7. The summed E-state index contributed by atoms with van der Waals surface area (Å²) in [7, 11) is 1.34. The van der Waals surface area contributed by atoms with Gasteiger partial charge in [-0.05, 0) is 37.6 Å². The Morgan fingerprint density at radius 1 is 1.67 bits per heavy atom. The first-order valence-corrected chi connectivity index (χ1v) is 4.28. The third-order valence-corrected chi connectivity index (χ3v) is 1.83. The summed E-state index contributed by atoms with van der Waals surface area (Å²) < 4.78 is 4.52. The van der Waals surface area contributed by atoms with Gasteiger partial charge in [0.1, 0.15) is 6.04 Å². The summed E-state index contributed by atoms with van der Waals surface area (Å²) in [5.41, 5.74) is 5.30. The summed E-state index contributed by atoms with van der Waals surface area (Å²) in [6, 6.07) is -0.414. The van der Waals surface area contributed by atoms with E-state index in [1.54, 1.807) is 0 Å². The Labute approximate surface area is 77.5 Å². The molecule has 5 heteroatoms. The number of hydrogen-bond acceptors (Lipinski definition) is 4. The van der Waals surface area contributed by atoms with Gasteiger partial charge in [0.15, 0.2) is 0 Å². The normalized spacial score (nSPS) is 12.6. The summed E-state index contributed by atoms with van der Waals surface area (Å²) in [5.74, 6) is -0.331. The lowest BCUT2D eigenvalue weighted by atomic mass is 10.1. The maximum Gasteiger partial charge on any atom is 0.324 e. The van der Waals surface area contributed by atoms with Crippen molar-refractivity contribution in [3.63, 3.8) is 0 Å². The number of carbonyl (C=O) groups excluding carboxylic acids is 1. The van der Waals surface area contributed by atoms with Crippen molar-refractivity contribution in [3.05, 3.63) is 0 Å². The fraction of sp³-hybridized carbons (Fsp3) is 0.857. The zero-order valence-electron chi connectivity index (χ0n) is 7.18. The van der Waals surface area contributed by atoms with Crippen molar-refractivity contribution in [3.8, 4) is 0 Å². The van der Waals surface area contributed by atoms with Crippen LogP contribution in [0, 0.1) is 0 Å². The summed E-state index contributed by atoms with van der Waals surface area (Å²) in [6.07, 6.45) is 2.43. The third-order valence-electron chi connectivity index (χ3n) is 1.56. The summed E-state index contributed by atoms with van der Waals surface area (Å²) in [5, 5.41) is 0. The smallest absolute Gasteiger partial charge is 0.324 e. The summed E-state index contributed by atoms with van der Waals surface area (Å²) in [6.45, 7) is 0.635. The van der Waals surface area contributed by atoms with Crippen molar-refractivity contribution in [2.75, 3.05) is 13.7 Å². The van der Waals surface area contributed by atoms with Crippen molar-refractivity contribution < 1.29 is 9.53 Å². The van der Waals surface area contributed by atoms with E-state index < -0.39 is 6.04 Å². The molecule has 0 aliphatic heterocycles. The molecular weight excluding hydrogens is 180 g/mol. The number of methoxy groups -OCH3 is 1. The second kappa shape index (κ2) is 7.34. The van der Waals surface area contributed by atoms with Crippen LogP contribution in [0.2, 0.25) is 0 Å². The van der Waals surface area contributed by atoms with Gasteiger partial charge in [0.2, 0.25) is 0 Å². The molecule has 0 rings (SSSR count). The molecule has 0 amide bonds. The fourth-order valence-electron chi connectivity index (χ4n) is 0.852. The molecule has 0 aromatic carbocycles. The van der Waals surface area contributed by atoms with Gasteiger partial charge in [0.05, 0.1) is 7.11 Å². The molecule has 0 bridgehead atoms. The molecule has 72 valence electrons. The van der Waals surface area contributed by atoms with Gasteiger partial charge in [-0.1, -0.05) is 0 Å². The van der Waals surface area contributed by atoms with Crippen LogP contribution in [0.4, 0.5) is 0 Å². The molecule has 0 aliphatic rings. The maximum absolute atomic E-state index is 10.9. The van der Waals surface area contributed by atoms with Crippen molar-refractivity contribution >= 4 is 17.7 Å². The third kappa shape index (κ3) is 4.54. The SMILES string of the molecule is COC(=O)[C@H](CCCCN)NCl. The number of nitrogens with one attached hydrogen (secondary N) is 1. The number of ether oxygens (including phenoxy) is 1. The van der Waals surface area contributed by atoms with E-state index >= 15 is 0 Å². The van der Waals surface area contributed by atoms with Gasteiger partial charge in [-0.25, -0.2) is 4.84 Å². The molecule has 0 fully saturated rings. The van der Waals surface area contributed by atoms with E-state index in [0.717, 1.165) is 12.8 Å². The highest BCUT2D eigenvalue weighted by Gasteiger charge is 2.16. The van der Waals surface area contributed by atoms with Gasteiger partial charge in [-0.15, -0.1) is 0 Å². The highest BCUT2D eigenvalue weighted by atomic mass is 35.5. The van der Waals surface area contributed by atoms with Crippen LogP contribution in [0.15, 0.2) is 0 Å². The lowest BCUT2D eigenvalue weighted by Gasteiger charge is -2.10.